The number of carboxylic acids is 1. The summed E-state index contributed by atoms with van der Waals surface area (Å²) in [6, 6.07) is 5.49. The van der Waals surface area contributed by atoms with Gasteiger partial charge in [0, 0.05) is 5.69 Å². The molecule has 0 aliphatic rings. The highest BCUT2D eigenvalue weighted by atomic mass is 19.1. The van der Waals surface area contributed by atoms with Gasteiger partial charge in [-0.15, -0.1) is 0 Å². The van der Waals surface area contributed by atoms with Gasteiger partial charge in [0.05, 0.1) is 13.0 Å². The third kappa shape index (κ3) is 5.62. The molecule has 92 valence electrons. The second kappa shape index (κ2) is 6.59. The molecule has 2 N–H and O–H groups in total. The largest absolute Gasteiger partial charge is 0.480 e. The van der Waals surface area contributed by atoms with Crippen LogP contribution in [0, 0.1) is 5.82 Å². The molecule has 0 saturated heterocycles. The molecule has 0 aromatic heterocycles. The van der Waals surface area contributed by atoms with Gasteiger partial charge in [-0.25, -0.2) is 9.18 Å². The average Bonchev–Trinajstić information content (AvgIpc) is 2.24. The molecule has 0 heterocycles. The van der Waals surface area contributed by atoms with E-state index in [0.717, 1.165) is 0 Å². The van der Waals surface area contributed by atoms with Crippen LogP contribution in [0.15, 0.2) is 24.3 Å². The van der Waals surface area contributed by atoms with Crippen LogP contribution in [0.5, 0.6) is 0 Å². The van der Waals surface area contributed by atoms with Gasteiger partial charge in [-0.05, 0) is 18.2 Å². The molecular weight excluding hydrogens is 229 g/mol. The number of hydrogen-bond acceptors (Lipinski definition) is 3. The quantitative estimate of drug-likeness (QED) is 0.735. The van der Waals surface area contributed by atoms with Gasteiger partial charge in [0.15, 0.2) is 0 Å². The van der Waals surface area contributed by atoms with Gasteiger partial charge in [-0.2, -0.15) is 0 Å². The highest BCUT2D eigenvalue weighted by Crippen LogP contribution is 2.09. The SMILES string of the molecule is O=C(O)COCCC(=O)Nc1cccc(F)c1. The lowest BCUT2D eigenvalue weighted by Crippen LogP contribution is -2.16. The first-order valence-electron chi connectivity index (χ1n) is 4.93. The zero-order valence-electron chi connectivity index (χ0n) is 8.98. The highest BCUT2D eigenvalue weighted by molar-refractivity contribution is 5.90. The van der Waals surface area contributed by atoms with Crippen LogP contribution in [0.3, 0.4) is 0 Å². The van der Waals surface area contributed by atoms with Gasteiger partial charge in [0.25, 0.3) is 0 Å². The lowest BCUT2D eigenvalue weighted by molar-refractivity contribution is -0.142. The molecule has 0 atom stereocenters. The number of amides is 1. The summed E-state index contributed by atoms with van der Waals surface area (Å²) in [4.78, 5) is 21.4. The van der Waals surface area contributed by atoms with Crippen molar-refractivity contribution >= 4 is 17.6 Å². The van der Waals surface area contributed by atoms with Crippen molar-refractivity contribution in [2.24, 2.45) is 0 Å². The number of aliphatic carboxylic acids is 1. The van der Waals surface area contributed by atoms with Crippen LogP contribution in [-0.2, 0) is 14.3 Å². The lowest BCUT2D eigenvalue weighted by atomic mass is 10.3. The molecule has 5 nitrogen and oxygen atoms in total. The Morgan fingerprint density at radius 3 is 2.82 bits per heavy atom. The van der Waals surface area contributed by atoms with Gasteiger partial charge in [0.1, 0.15) is 12.4 Å². The number of nitrogens with one attached hydrogen (secondary N) is 1. The van der Waals surface area contributed by atoms with E-state index in [-0.39, 0.29) is 18.9 Å². The second-order valence-electron chi connectivity index (χ2n) is 3.25. The molecule has 0 bridgehead atoms. The Hall–Kier alpha value is -1.95. The Labute approximate surface area is 97.2 Å². The molecule has 0 aliphatic heterocycles. The maximum absolute atomic E-state index is 12.8. The van der Waals surface area contributed by atoms with Crippen LogP contribution < -0.4 is 5.32 Å². The fraction of sp³-hybridized carbons (Fsp3) is 0.273. The van der Waals surface area contributed by atoms with E-state index in [1.54, 1.807) is 6.07 Å². The predicted molar refractivity (Wildman–Crippen MR) is 58.1 cm³/mol. The third-order valence-electron chi connectivity index (χ3n) is 1.81. The van der Waals surface area contributed by atoms with Crippen molar-refractivity contribution in [1.29, 1.82) is 0 Å². The van der Waals surface area contributed by atoms with Gasteiger partial charge >= 0.3 is 5.97 Å². The Kier molecular flexibility index (Phi) is 5.09. The molecule has 0 fully saturated rings. The summed E-state index contributed by atoms with van der Waals surface area (Å²) in [6.07, 6.45) is 0.0177. The Balaban J connectivity index is 2.27. The Morgan fingerprint density at radius 2 is 2.18 bits per heavy atom. The first kappa shape index (κ1) is 13.1. The topological polar surface area (TPSA) is 75.6 Å². The van der Waals surface area contributed by atoms with Gasteiger partial charge in [0.2, 0.25) is 5.91 Å². The molecule has 0 spiro atoms. The van der Waals surface area contributed by atoms with Crippen molar-refractivity contribution in [2.45, 2.75) is 6.42 Å². The summed E-state index contributed by atoms with van der Waals surface area (Å²) in [7, 11) is 0. The van der Waals surface area contributed by atoms with E-state index < -0.39 is 18.4 Å². The van der Waals surface area contributed by atoms with Crippen molar-refractivity contribution in [1.82, 2.24) is 0 Å². The summed E-state index contributed by atoms with van der Waals surface area (Å²) in [5, 5.41) is 10.7. The normalized spacial score (nSPS) is 9.94. The maximum atomic E-state index is 12.8. The van der Waals surface area contributed by atoms with E-state index >= 15 is 0 Å². The Bertz CT molecular complexity index is 408. The van der Waals surface area contributed by atoms with Gasteiger partial charge in [-0.1, -0.05) is 6.07 Å². The summed E-state index contributed by atoms with van der Waals surface area (Å²) in [5.41, 5.74) is 0.355. The highest BCUT2D eigenvalue weighted by Gasteiger charge is 2.04. The molecule has 1 aromatic carbocycles. The van der Waals surface area contributed by atoms with Crippen LogP contribution in [-0.4, -0.2) is 30.2 Å². The zero-order valence-corrected chi connectivity index (χ0v) is 8.98. The van der Waals surface area contributed by atoms with E-state index in [0.29, 0.717) is 5.69 Å². The summed E-state index contributed by atoms with van der Waals surface area (Å²) in [6.45, 7) is -0.430. The lowest BCUT2D eigenvalue weighted by Gasteiger charge is -2.05. The standard InChI is InChI=1S/C11H12FNO4/c12-8-2-1-3-9(6-8)13-10(14)4-5-17-7-11(15)16/h1-3,6H,4-5,7H2,(H,13,14)(H,15,16). The minimum Gasteiger partial charge on any atom is -0.480 e. The molecule has 0 radical (unpaired) electrons. The van der Waals surface area contributed by atoms with Crippen LogP contribution in [0.4, 0.5) is 10.1 Å². The number of rotatable bonds is 6. The fourth-order valence-corrected chi connectivity index (χ4v) is 1.11. The second-order valence-corrected chi connectivity index (χ2v) is 3.25. The molecule has 0 saturated carbocycles. The third-order valence-corrected chi connectivity index (χ3v) is 1.81. The minimum atomic E-state index is -1.09. The number of anilines is 1. The number of carboxylic acid groups (broad SMARTS) is 1. The Morgan fingerprint density at radius 1 is 1.41 bits per heavy atom. The molecule has 17 heavy (non-hydrogen) atoms. The summed E-state index contributed by atoms with van der Waals surface area (Å²) >= 11 is 0. The number of ether oxygens (including phenoxy) is 1. The maximum Gasteiger partial charge on any atom is 0.329 e. The van der Waals surface area contributed by atoms with E-state index in [1.807, 2.05) is 0 Å². The van der Waals surface area contributed by atoms with E-state index in [2.05, 4.69) is 5.32 Å². The first-order valence-corrected chi connectivity index (χ1v) is 4.93. The molecule has 0 unspecified atom stereocenters. The zero-order chi connectivity index (χ0) is 12.7. The van der Waals surface area contributed by atoms with Crippen LogP contribution >= 0.6 is 0 Å². The number of halogens is 1. The molecule has 6 heteroatoms. The molecule has 1 amide bonds. The van der Waals surface area contributed by atoms with Crippen molar-refractivity contribution in [3.05, 3.63) is 30.1 Å². The monoisotopic (exact) mass is 241 g/mol. The van der Waals surface area contributed by atoms with E-state index in [9.17, 15) is 14.0 Å². The average molecular weight is 241 g/mol. The van der Waals surface area contributed by atoms with E-state index in [1.165, 1.54) is 18.2 Å². The molecule has 1 rings (SSSR count). The van der Waals surface area contributed by atoms with E-state index in [4.69, 9.17) is 9.84 Å². The number of hydrogen-bond donors (Lipinski definition) is 2. The van der Waals surface area contributed by atoms with Crippen LogP contribution in [0.25, 0.3) is 0 Å². The van der Waals surface area contributed by atoms with Crippen LogP contribution in [0.2, 0.25) is 0 Å². The van der Waals surface area contributed by atoms with Crippen molar-refractivity contribution < 1.29 is 23.8 Å². The minimum absolute atomic E-state index is 0.00739. The summed E-state index contributed by atoms with van der Waals surface area (Å²) < 4.78 is 17.5. The number of carbonyl (C=O) groups is 2. The smallest absolute Gasteiger partial charge is 0.329 e. The molecule has 1 aromatic rings. The van der Waals surface area contributed by atoms with Gasteiger partial charge in [-0.3, -0.25) is 4.79 Å². The van der Waals surface area contributed by atoms with Crippen molar-refractivity contribution in [3.63, 3.8) is 0 Å². The molecular formula is C11H12FNO4. The first-order chi connectivity index (χ1) is 8.08. The predicted octanol–water partition coefficient (Wildman–Crippen LogP) is 1.26. The fourth-order valence-electron chi connectivity index (χ4n) is 1.11. The summed E-state index contributed by atoms with van der Waals surface area (Å²) in [5.74, 6) is -1.89. The van der Waals surface area contributed by atoms with Crippen LogP contribution in [0.1, 0.15) is 6.42 Å². The number of benzene rings is 1. The van der Waals surface area contributed by atoms with Gasteiger partial charge < -0.3 is 15.2 Å². The van der Waals surface area contributed by atoms with Crippen molar-refractivity contribution in [2.75, 3.05) is 18.5 Å². The van der Waals surface area contributed by atoms with Crippen molar-refractivity contribution in [3.8, 4) is 0 Å². The number of carbonyl (C=O) groups excluding carboxylic acids is 1. The molecule has 0 aliphatic carbocycles.